The minimum absolute atomic E-state index is 0.0700. The SMILES string of the molecule is CCCC(=O)NCCN(CCC(=O)NCCCC(=O)c1ccc2c(c1)OCCOCCOc1ccccc1OCCOCCO2)CCC(=O)NCCNC(=O)c1ccc2c(c1)OCCOCCOc1ccccc1OCCOCCO2. The molecule has 0 fully saturated rings. The van der Waals surface area contributed by atoms with Crippen molar-refractivity contribution in [1.82, 2.24) is 26.2 Å². The van der Waals surface area contributed by atoms with E-state index in [1.54, 1.807) is 36.4 Å². The van der Waals surface area contributed by atoms with Gasteiger partial charge in [-0.15, -0.1) is 0 Å². The number of fused-ring (bicyclic) bond motifs is 4. The van der Waals surface area contributed by atoms with Gasteiger partial charge in [-0.05, 0) is 73.5 Å². The molecule has 0 unspecified atom stereocenters. The third kappa shape index (κ3) is 24.5. The zero-order valence-electron chi connectivity index (χ0n) is 46.5. The van der Waals surface area contributed by atoms with Crippen LogP contribution in [0.5, 0.6) is 46.0 Å². The first kappa shape index (κ1) is 62.8. The van der Waals surface area contributed by atoms with E-state index in [-0.39, 0.29) is 108 Å². The highest BCUT2D eigenvalue weighted by Gasteiger charge is 2.17. The van der Waals surface area contributed by atoms with Crippen molar-refractivity contribution in [2.45, 2.75) is 45.4 Å². The molecular weight excluding hydrogens is 1050 g/mol. The molecule has 0 atom stereocenters. The van der Waals surface area contributed by atoms with E-state index in [0.717, 1.165) is 0 Å². The second-order valence-corrected chi connectivity index (χ2v) is 18.4. The van der Waals surface area contributed by atoms with Crippen molar-refractivity contribution in [3.63, 3.8) is 0 Å². The Morgan fingerprint density at radius 1 is 0.370 bits per heavy atom. The van der Waals surface area contributed by atoms with Gasteiger partial charge in [0, 0.05) is 82.6 Å². The molecule has 6 rings (SSSR count). The molecule has 0 radical (unpaired) electrons. The van der Waals surface area contributed by atoms with Gasteiger partial charge < -0.3 is 83.0 Å². The Balaban J connectivity index is 0.889. The Bertz CT molecular complexity index is 2380. The molecule has 4 aromatic carbocycles. The number of hydrogen-bond acceptors (Lipinski definition) is 18. The number of Topliss-reactive ketones (excluding diaryl/α,β-unsaturated/α-hetero) is 1. The molecule has 0 bridgehead atoms. The van der Waals surface area contributed by atoms with E-state index in [1.165, 1.54) is 0 Å². The van der Waals surface area contributed by atoms with Gasteiger partial charge in [0.2, 0.25) is 17.7 Å². The number of benzene rings is 4. The second-order valence-electron chi connectivity index (χ2n) is 18.4. The van der Waals surface area contributed by atoms with Crippen LogP contribution in [0.1, 0.15) is 66.2 Å². The predicted molar refractivity (Wildman–Crippen MR) is 299 cm³/mol. The van der Waals surface area contributed by atoms with E-state index in [0.29, 0.717) is 169 Å². The summed E-state index contributed by atoms with van der Waals surface area (Å²) in [5, 5.41) is 11.5. The lowest BCUT2D eigenvalue weighted by Crippen LogP contribution is -2.40. The van der Waals surface area contributed by atoms with E-state index in [1.807, 2.05) is 60.4 Å². The normalized spacial score (nSPS) is 15.0. The summed E-state index contributed by atoms with van der Waals surface area (Å²) in [5.74, 6) is 3.13. The quantitative estimate of drug-likeness (QED) is 0.0683. The van der Waals surface area contributed by atoms with Crippen LogP contribution in [0.25, 0.3) is 0 Å². The zero-order chi connectivity index (χ0) is 57.0. The molecule has 2 aliphatic rings. The molecule has 4 N–H and O–H groups in total. The van der Waals surface area contributed by atoms with Crippen LogP contribution in [0, 0.1) is 0 Å². The molecule has 22 nitrogen and oxygen atoms in total. The molecule has 0 saturated heterocycles. The highest BCUT2D eigenvalue weighted by Crippen LogP contribution is 2.31. The predicted octanol–water partition coefficient (Wildman–Crippen LogP) is 4.83. The number of carbonyl (C=O) groups is 5. The fourth-order valence-corrected chi connectivity index (χ4v) is 8.07. The summed E-state index contributed by atoms with van der Waals surface area (Å²) in [6.07, 6.45) is 1.96. The lowest BCUT2D eigenvalue weighted by Gasteiger charge is -2.22. The van der Waals surface area contributed by atoms with Crippen LogP contribution in [0.3, 0.4) is 0 Å². The molecule has 81 heavy (non-hydrogen) atoms. The Morgan fingerprint density at radius 2 is 0.728 bits per heavy atom. The van der Waals surface area contributed by atoms with Crippen molar-refractivity contribution in [3.8, 4) is 46.0 Å². The van der Waals surface area contributed by atoms with Crippen molar-refractivity contribution in [2.24, 2.45) is 0 Å². The summed E-state index contributed by atoms with van der Waals surface area (Å²) in [6.45, 7) is 8.64. The molecule has 0 aromatic heterocycles. The first-order valence-electron chi connectivity index (χ1n) is 27.9. The van der Waals surface area contributed by atoms with Crippen LogP contribution in [0.2, 0.25) is 0 Å². The standard InChI is InChI=1S/C59H79N5O17/c1-2-8-56(66)62-23-26-64(24-18-57(67)60-20-7-9-47(65)45-14-16-52-54(43-45)80-41-33-72-29-37-76-50-12-5-3-10-48(50)74-35-27-70-31-39-78-52)25-19-58(68)61-21-22-63-59(69)46-15-17-53-55(44-46)81-42-34-73-30-38-77-51-13-6-4-11-49(51)75-36-28-71-32-40-79-53/h3-6,10-17,43-44H,2,7-9,18-42H2,1H3,(H,60,67)(H,61,68)(H,62,66)(H,63,69). The first-order valence-corrected chi connectivity index (χ1v) is 27.9. The fourth-order valence-electron chi connectivity index (χ4n) is 8.07. The average molecular weight is 1130 g/mol. The van der Waals surface area contributed by atoms with Gasteiger partial charge in [0.15, 0.2) is 51.8 Å². The number of ketones is 1. The number of nitrogens with zero attached hydrogens (tertiary/aromatic N) is 1. The van der Waals surface area contributed by atoms with E-state index in [9.17, 15) is 24.0 Å². The minimum Gasteiger partial charge on any atom is -0.487 e. The molecule has 4 aromatic rings. The van der Waals surface area contributed by atoms with Crippen molar-refractivity contribution in [2.75, 3.05) is 152 Å². The zero-order valence-corrected chi connectivity index (χ0v) is 46.5. The molecule has 4 amide bonds. The van der Waals surface area contributed by atoms with Gasteiger partial charge in [-0.2, -0.15) is 0 Å². The highest BCUT2D eigenvalue weighted by atomic mass is 16.6. The Labute approximate surface area is 473 Å². The van der Waals surface area contributed by atoms with Crippen LogP contribution in [-0.2, 0) is 33.3 Å². The number of carbonyl (C=O) groups excluding carboxylic acids is 5. The molecule has 0 saturated carbocycles. The molecular formula is C59H79N5O17. The number of ether oxygens (including phenoxy) is 12. The van der Waals surface area contributed by atoms with Crippen molar-refractivity contribution < 1.29 is 80.8 Å². The monoisotopic (exact) mass is 1130 g/mol. The molecule has 442 valence electrons. The molecule has 0 aliphatic carbocycles. The van der Waals surface area contributed by atoms with Crippen molar-refractivity contribution in [1.29, 1.82) is 0 Å². The van der Waals surface area contributed by atoms with Crippen LogP contribution in [0.15, 0.2) is 84.9 Å². The maximum Gasteiger partial charge on any atom is 0.251 e. The smallest absolute Gasteiger partial charge is 0.251 e. The van der Waals surface area contributed by atoms with Gasteiger partial charge in [-0.3, -0.25) is 24.0 Å². The molecule has 2 heterocycles. The van der Waals surface area contributed by atoms with Crippen LogP contribution in [-0.4, -0.2) is 186 Å². The summed E-state index contributed by atoms with van der Waals surface area (Å²) in [4.78, 5) is 66.7. The largest absolute Gasteiger partial charge is 0.487 e. The van der Waals surface area contributed by atoms with Gasteiger partial charge in [-0.1, -0.05) is 31.2 Å². The van der Waals surface area contributed by atoms with E-state index in [2.05, 4.69) is 21.3 Å². The van der Waals surface area contributed by atoms with E-state index < -0.39 is 0 Å². The first-order chi connectivity index (χ1) is 39.7. The maximum absolute atomic E-state index is 13.3. The van der Waals surface area contributed by atoms with Crippen molar-refractivity contribution >= 4 is 29.4 Å². The second kappa shape index (κ2) is 37.5. The molecule has 22 heteroatoms. The van der Waals surface area contributed by atoms with Crippen molar-refractivity contribution in [3.05, 3.63) is 96.1 Å². The van der Waals surface area contributed by atoms with Crippen LogP contribution >= 0.6 is 0 Å². The third-order valence-corrected chi connectivity index (χ3v) is 12.2. The topological polar surface area (TPSA) is 247 Å². The van der Waals surface area contributed by atoms with E-state index in [4.69, 9.17) is 56.8 Å². The van der Waals surface area contributed by atoms with Gasteiger partial charge in [0.25, 0.3) is 5.91 Å². The molecule has 2 aliphatic heterocycles. The van der Waals surface area contributed by atoms with E-state index >= 15 is 0 Å². The van der Waals surface area contributed by atoms with Gasteiger partial charge in [0.05, 0.1) is 52.9 Å². The van der Waals surface area contributed by atoms with Gasteiger partial charge >= 0.3 is 0 Å². The summed E-state index contributed by atoms with van der Waals surface area (Å²) in [6, 6.07) is 24.7. The highest BCUT2D eigenvalue weighted by molar-refractivity contribution is 5.97. The lowest BCUT2D eigenvalue weighted by molar-refractivity contribution is -0.123. The Hall–Kier alpha value is -7.37. The van der Waals surface area contributed by atoms with Gasteiger partial charge in [-0.25, -0.2) is 0 Å². The van der Waals surface area contributed by atoms with Crippen LogP contribution < -0.4 is 59.2 Å². The number of amides is 4. The summed E-state index contributed by atoms with van der Waals surface area (Å²) < 4.78 is 70.1. The fraction of sp³-hybridized carbons (Fsp3) is 0.508. The maximum atomic E-state index is 13.3. The minimum atomic E-state index is -0.369. The average Bonchev–Trinajstić information content (AvgIpc) is 3.47. The Kier molecular flexibility index (Phi) is 29.1. The summed E-state index contributed by atoms with van der Waals surface area (Å²) in [5.41, 5.74) is 0.778. The number of nitrogens with one attached hydrogen (secondary N) is 4. The number of hydrogen-bond donors (Lipinski definition) is 4. The summed E-state index contributed by atoms with van der Waals surface area (Å²) in [7, 11) is 0. The molecule has 0 spiro atoms. The lowest BCUT2D eigenvalue weighted by atomic mass is 10.1. The summed E-state index contributed by atoms with van der Waals surface area (Å²) >= 11 is 0. The number of rotatable bonds is 20. The van der Waals surface area contributed by atoms with Crippen LogP contribution in [0.4, 0.5) is 0 Å². The Morgan fingerprint density at radius 3 is 1.17 bits per heavy atom. The third-order valence-electron chi connectivity index (χ3n) is 12.2. The number of para-hydroxylation sites is 4. The van der Waals surface area contributed by atoms with Gasteiger partial charge in [0.1, 0.15) is 52.9 Å².